The van der Waals surface area contributed by atoms with E-state index in [-0.39, 0.29) is 12.3 Å². The molecule has 1 unspecified atom stereocenters. The summed E-state index contributed by atoms with van der Waals surface area (Å²) in [5, 5.41) is 3.33. The van der Waals surface area contributed by atoms with Crippen LogP contribution in [0.25, 0.3) is 0 Å². The first-order chi connectivity index (χ1) is 7.27. The van der Waals surface area contributed by atoms with Crippen LogP contribution in [0.4, 0.5) is 0 Å². The van der Waals surface area contributed by atoms with Gasteiger partial charge in [0.25, 0.3) is 0 Å². The molecule has 5 nitrogen and oxygen atoms in total. The highest BCUT2D eigenvalue weighted by Gasteiger charge is 2.14. The summed E-state index contributed by atoms with van der Waals surface area (Å²) < 4.78 is 10.3. The van der Waals surface area contributed by atoms with Crippen molar-refractivity contribution in [2.45, 2.75) is 25.7 Å². The number of methoxy groups -OCH3 is 2. The van der Waals surface area contributed by atoms with E-state index in [1.807, 2.05) is 13.1 Å². The minimum absolute atomic E-state index is 0.169. The second kappa shape index (κ2) is 6.55. The van der Waals surface area contributed by atoms with Gasteiger partial charge in [-0.15, -0.1) is 0 Å². The molecule has 0 aliphatic carbocycles. The van der Waals surface area contributed by atoms with Crippen LogP contribution in [0.2, 0.25) is 0 Å². The van der Waals surface area contributed by atoms with Crippen LogP contribution in [0.15, 0.2) is 12.5 Å². The van der Waals surface area contributed by atoms with E-state index in [9.17, 15) is 0 Å². The molecule has 0 fully saturated rings. The van der Waals surface area contributed by atoms with Gasteiger partial charge in [-0.3, -0.25) is 0 Å². The Kier molecular flexibility index (Phi) is 5.31. The molecule has 0 radical (unpaired) electrons. The summed E-state index contributed by atoms with van der Waals surface area (Å²) in [6.07, 6.45) is 4.24. The van der Waals surface area contributed by atoms with E-state index in [0.29, 0.717) is 0 Å². The number of imidazole rings is 1. The van der Waals surface area contributed by atoms with Crippen LogP contribution in [0, 0.1) is 0 Å². The van der Waals surface area contributed by atoms with Crippen molar-refractivity contribution in [1.82, 2.24) is 15.3 Å². The van der Waals surface area contributed by atoms with Crippen LogP contribution in [-0.4, -0.2) is 43.1 Å². The van der Waals surface area contributed by atoms with Gasteiger partial charge in [-0.05, 0) is 6.92 Å². The molecule has 0 saturated carbocycles. The van der Waals surface area contributed by atoms with Gasteiger partial charge in [0.2, 0.25) is 0 Å². The predicted octanol–water partition coefficient (Wildman–Crippen LogP) is 0.549. The van der Waals surface area contributed by atoms with Gasteiger partial charge in [-0.1, -0.05) is 0 Å². The molecule has 2 N–H and O–H groups in total. The fourth-order valence-electron chi connectivity index (χ4n) is 1.46. The molecule has 1 aromatic rings. The van der Waals surface area contributed by atoms with Gasteiger partial charge in [0, 0.05) is 39.1 Å². The Morgan fingerprint density at radius 2 is 2.20 bits per heavy atom. The first-order valence-corrected chi connectivity index (χ1v) is 5.04. The largest absolute Gasteiger partial charge is 0.354 e. The zero-order valence-corrected chi connectivity index (χ0v) is 9.49. The highest BCUT2D eigenvalue weighted by atomic mass is 16.7. The fourth-order valence-corrected chi connectivity index (χ4v) is 1.46. The summed E-state index contributed by atoms with van der Waals surface area (Å²) in [5.74, 6) is 0. The smallest absolute Gasteiger partial charge is 0.171 e. The molecule has 15 heavy (non-hydrogen) atoms. The Bertz CT molecular complexity index is 247. The number of nitrogens with zero attached hydrogens (tertiary/aromatic N) is 1. The van der Waals surface area contributed by atoms with Crippen molar-refractivity contribution in [3.05, 3.63) is 18.2 Å². The van der Waals surface area contributed by atoms with E-state index in [1.165, 1.54) is 0 Å². The van der Waals surface area contributed by atoms with Gasteiger partial charge in [0.15, 0.2) is 6.29 Å². The Hall–Kier alpha value is -0.910. The molecule has 0 spiro atoms. The third kappa shape index (κ3) is 3.99. The number of aromatic nitrogens is 2. The molecule has 0 aliphatic rings. The van der Waals surface area contributed by atoms with Crippen molar-refractivity contribution in [3.8, 4) is 0 Å². The van der Waals surface area contributed by atoms with Crippen LogP contribution in [-0.2, 0) is 15.9 Å². The number of nitrogens with one attached hydrogen (secondary N) is 2. The third-order valence-corrected chi connectivity index (χ3v) is 2.29. The predicted molar refractivity (Wildman–Crippen MR) is 57.6 cm³/mol. The number of H-pyrrole nitrogens is 1. The Labute approximate surface area is 90.2 Å². The van der Waals surface area contributed by atoms with Crippen LogP contribution >= 0.6 is 0 Å². The van der Waals surface area contributed by atoms with E-state index in [2.05, 4.69) is 15.3 Å². The topological polar surface area (TPSA) is 59.2 Å². The lowest BCUT2D eigenvalue weighted by atomic mass is 10.3. The molecule has 0 amide bonds. The first-order valence-electron chi connectivity index (χ1n) is 5.04. The van der Waals surface area contributed by atoms with Gasteiger partial charge in [0.1, 0.15) is 0 Å². The van der Waals surface area contributed by atoms with Crippen molar-refractivity contribution in [3.63, 3.8) is 0 Å². The normalized spacial score (nSPS) is 13.3. The molecule has 1 aromatic heterocycles. The number of hydrogen-bond donors (Lipinski definition) is 2. The van der Waals surface area contributed by atoms with Crippen LogP contribution < -0.4 is 5.32 Å². The average Bonchev–Trinajstić information content (AvgIpc) is 2.72. The zero-order valence-electron chi connectivity index (χ0n) is 9.49. The highest BCUT2D eigenvalue weighted by Crippen LogP contribution is 1.99. The summed E-state index contributed by atoms with van der Waals surface area (Å²) in [6, 6.07) is 0.169. The molecule has 0 aliphatic heterocycles. The van der Waals surface area contributed by atoms with E-state index in [4.69, 9.17) is 9.47 Å². The van der Waals surface area contributed by atoms with Gasteiger partial charge in [-0.2, -0.15) is 0 Å². The SMILES string of the molecule is COC(OC)C(C)NCCc1cnc[nH]1. The minimum Gasteiger partial charge on any atom is -0.354 e. The Morgan fingerprint density at radius 1 is 1.47 bits per heavy atom. The maximum Gasteiger partial charge on any atom is 0.171 e. The minimum atomic E-state index is -0.202. The molecular formula is C10H19N3O2. The quantitative estimate of drug-likeness (QED) is 0.649. The molecule has 5 heteroatoms. The molecule has 1 rings (SSSR count). The Balaban J connectivity index is 2.19. The van der Waals surface area contributed by atoms with Crippen molar-refractivity contribution in [1.29, 1.82) is 0 Å². The summed E-state index contributed by atoms with van der Waals surface area (Å²) >= 11 is 0. The average molecular weight is 213 g/mol. The monoisotopic (exact) mass is 213 g/mol. The maximum absolute atomic E-state index is 5.14. The van der Waals surface area contributed by atoms with E-state index < -0.39 is 0 Å². The summed E-state index contributed by atoms with van der Waals surface area (Å²) in [5.41, 5.74) is 1.13. The lowest BCUT2D eigenvalue weighted by molar-refractivity contribution is -0.119. The highest BCUT2D eigenvalue weighted by molar-refractivity contribution is 4.94. The van der Waals surface area contributed by atoms with Crippen LogP contribution in [0.5, 0.6) is 0 Å². The van der Waals surface area contributed by atoms with Crippen molar-refractivity contribution < 1.29 is 9.47 Å². The van der Waals surface area contributed by atoms with Gasteiger partial charge in [-0.25, -0.2) is 4.98 Å². The molecule has 0 saturated heterocycles. The lowest BCUT2D eigenvalue weighted by Crippen LogP contribution is -2.40. The van der Waals surface area contributed by atoms with Crippen LogP contribution in [0.1, 0.15) is 12.6 Å². The molecular weight excluding hydrogens is 194 g/mol. The molecule has 1 heterocycles. The summed E-state index contributed by atoms with van der Waals surface area (Å²) in [4.78, 5) is 7.01. The van der Waals surface area contributed by atoms with Crippen molar-refractivity contribution in [2.75, 3.05) is 20.8 Å². The second-order valence-corrected chi connectivity index (χ2v) is 3.41. The number of aromatic amines is 1. The van der Waals surface area contributed by atoms with Gasteiger partial charge >= 0.3 is 0 Å². The van der Waals surface area contributed by atoms with Gasteiger partial charge in [0.05, 0.1) is 12.4 Å². The number of hydrogen-bond acceptors (Lipinski definition) is 4. The van der Waals surface area contributed by atoms with E-state index in [0.717, 1.165) is 18.7 Å². The summed E-state index contributed by atoms with van der Waals surface area (Å²) in [6.45, 7) is 2.90. The molecule has 0 bridgehead atoms. The molecule has 86 valence electrons. The van der Waals surface area contributed by atoms with Crippen molar-refractivity contribution in [2.24, 2.45) is 0 Å². The lowest BCUT2D eigenvalue weighted by Gasteiger charge is -2.21. The maximum atomic E-state index is 5.14. The second-order valence-electron chi connectivity index (χ2n) is 3.41. The Morgan fingerprint density at radius 3 is 2.73 bits per heavy atom. The zero-order chi connectivity index (χ0) is 11.1. The third-order valence-electron chi connectivity index (χ3n) is 2.29. The number of rotatable bonds is 7. The first kappa shape index (κ1) is 12.2. The van der Waals surface area contributed by atoms with E-state index in [1.54, 1.807) is 20.5 Å². The van der Waals surface area contributed by atoms with Gasteiger partial charge < -0.3 is 19.8 Å². The fraction of sp³-hybridized carbons (Fsp3) is 0.700. The molecule has 0 aromatic carbocycles. The number of ether oxygens (including phenoxy) is 2. The van der Waals surface area contributed by atoms with E-state index >= 15 is 0 Å². The molecule has 1 atom stereocenters. The van der Waals surface area contributed by atoms with Crippen molar-refractivity contribution >= 4 is 0 Å². The standard InChI is InChI=1S/C10H19N3O2/c1-8(10(14-2)15-3)12-5-4-9-6-11-7-13-9/h6-8,10,12H,4-5H2,1-3H3,(H,11,13). The van der Waals surface area contributed by atoms with Crippen LogP contribution in [0.3, 0.4) is 0 Å². The summed E-state index contributed by atoms with van der Waals surface area (Å²) in [7, 11) is 3.28.